The van der Waals surface area contributed by atoms with Crippen molar-refractivity contribution >= 4 is 33.0 Å². The van der Waals surface area contributed by atoms with Gasteiger partial charge in [0.1, 0.15) is 17.5 Å². The van der Waals surface area contributed by atoms with Gasteiger partial charge in [0.25, 0.3) is 5.91 Å². The molecule has 0 aliphatic heterocycles. The van der Waals surface area contributed by atoms with Gasteiger partial charge >= 0.3 is 0 Å². The summed E-state index contributed by atoms with van der Waals surface area (Å²) >= 11 is 0. The second-order valence-electron chi connectivity index (χ2n) is 9.35. The summed E-state index contributed by atoms with van der Waals surface area (Å²) in [7, 11) is -3.46. The number of rotatable bonds is 8. The average molecular weight is 549 g/mol. The van der Waals surface area contributed by atoms with Gasteiger partial charge in [-0.05, 0) is 62.7 Å². The number of carbonyl (C=O) groups excluding carboxylic acids is 2. The molecule has 2 amide bonds. The van der Waals surface area contributed by atoms with Crippen LogP contribution in [0.1, 0.15) is 38.8 Å². The van der Waals surface area contributed by atoms with E-state index in [1.807, 2.05) is 0 Å². The molecule has 3 N–H and O–H groups in total. The molecule has 202 valence electrons. The van der Waals surface area contributed by atoms with Gasteiger partial charge in [0.2, 0.25) is 5.91 Å². The maximum Gasteiger partial charge on any atom is 0.260 e. The fraction of sp³-hybridized carbons (Fsp3) is 0.259. The molecule has 0 bridgehead atoms. The van der Waals surface area contributed by atoms with E-state index in [1.54, 1.807) is 0 Å². The lowest BCUT2D eigenvalue weighted by Gasteiger charge is -2.26. The fourth-order valence-electron chi connectivity index (χ4n) is 3.63. The predicted molar refractivity (Wildman–Crippen MR) is 137 cm³/mol. The first kappa shape index (κ1) is 28.9. The minimum absolute atomic E-state index is 0.0116. The summed E-state index contributed by atoms with van der Waals surface area (Å²) in [5, 5.41) is 15.5. The average Bonchev–Trinajstić information content (AvgIpc) is 2.85. The minimum atomic E-state index is -3.46. The molecule has 0 heterocycles. The van der Waals surface area contributed by atoms with Crippen molar-refractivity contribution in [2.24, 2.45) is 0 Å². The molecule has 7 nitrogen and oxygen atoms in total. The van der Waals surface area contributed by atoms with Gasteiger partial charge < -0.3 is 15.7 Å². The minimum Gasteiger partial charge on any atom is -0.376 e. The molecule has 11 heteroatoms. The molecule has 0 saturated heterocycles. The molecule has 38 heavy (non-hydrogen) atoms. The molecular weight excluding hydrogens is 521 g/mol. The number of halogens is 3. The molecule has 0 aliphatic rings. The van der Waals surface area contributed by atoms with Gasteiger partial charge in [0.05, 0.1) is 21.8 Å². The smallest absolute Gasteiger partial charge is 0.260 e. The number of hydrogen-bond acceptors (Lipinski definition) is 5. The summed E-state index contributed by atoms with van der Waals surface area (Å²) in [5.74, 6) is -4.41. The second-order valence-corrected chi connectivity index (χ2v) is 11.6. The summed E-state index contributed by atoms with van der Waals surface area (Å²) in [5.41, 5.74) is -3.79. The van der Waals surface area contributed by atoms with Crippen LogP contribution in [0.4, 0.5) is 24.5 Å². The number of sulfone groups is 1. The van der Waals surface area contributed by atoms with Crippen LogP contribution in [0.5, 0.6) is 0 Å². The highest BCUT2D eigenvalue weighted by Crippen LogP contribution is 2.31. The van der Waals surface area contributed by atoms with E-state index < -0.39 is 50.1 Å². The summed E-state index contributed by atoms with van der Waals surface area (Å²) in [4.78, 5) is 25.7. The standard InChI is InChI=1S/C27H27F3N2O5S/c1-5-38(36,37)19-10-6-16(7-11-19)27(4,35)25(34)31-18-9-12-20(21(29)15-18)26(2,3)24(33)32-23-13-8-17(28)14-22(23)30/h6-15,35H,5H2,1-4H3,(H,31,34)(H,32,33). The van der Waals surface area contributed by atoms with Crippen LogP contribution in [0.25, 0.3) is 0 Å². The lowest BCUT2D eigenvalue weighted by molar-refractivity contribution is -0.133. The SMILES string of the molecule is CCS(=O)(=O)c1ccc(C(C)(O)C(=O)Nc2ccc(C(C)(C)C(=O)Nc3ccc(F)cc3F)c(F)c2)cc1. The summed E-state index contributed by atoms with van der Waals surface area (Å²) in [6.45, 7) is 5.52. The number of aliphatic hydroxyl groups is 1. The van der Waals surface area contributed by atoms with Crippen LogP contribution in [0.2, 0.25) is 0 Å². The van der Waals surface area contributed by atoms with Crippen molar-refractivity contribution in [3.05, 3.63) is 89.2 Å². The van der Waals surface area contributed by atoms with Crippen LogP contribution in [0, 0.1) is 17.5 Å². The van der Waals surface area contributed by atoms with E-state index in [0.29, 0.717) is 6.07 Å². The Hall–Kier alpha value is -3.70. The third-order valence-electron chi connectivity index (χ3n) is 6.25. The molecule has 1 atom stereocenters. The van der Waals surface area contributed by atoms with Gasteiger partial charge in [-0.3, -0.25) is 9.59 Å². The predicted octanol–water partition coefficient (Wildman–Crippen LogP) is 4.66. The van der Waals surface area contributed by atoms with Crippen molar-refractivity contribution in [2.75, 3.05) is 16.4 Å². The fourth-order valence-corrected chi connectivity index (χ4v) is 4.51. The first-order valence-electron chi connectivity index (χ1n) is 11.5. The Bertz CT molecular complexity index is 1490. The van der Waals surface area contributed by atoms with Crippen molar-refractivity contribution < 1.29 is 36.3 Å². The lowest BCUT2D eigenvalue weighted by atomic mass is 9.83. The Morgan fingerprint density at radius 2 is 1.47 bits per heavy atom. The first-order valence-corrected chi connectivity index (χ1v) is 13.2. The van der Waals surface area contributed by atoms with Gasteiger partial charge in [0, 0.05) is 17.3 Å². The second kappa shape index (κ2) is 10.6. The van der Waals surface area contributed by atoms with E-state index in [-0.39, 0.29) is 33.2 Å². The summed E-state index contributed by atoms with van der Waals surface area (Å²) < 4.78 is 66.1. The highest BCUT2D eigenvalue weighted by atomic mass is 32.2. The van der Waals surface area contributed by atoms with Gasteiger partial charge in [-0.2, -0.15) is 0 Å². The highest BCUT2D eigenvalue weighted by Gasteiger charge is 2.35. The van der Waals surface area contributed by atoms with E-state index in [1.165, 1.54) is 64.1 Å². The summed E-state index contributed by atoms with van der Waals surface area (Å²) in [6.07, 6.45) is 0. The third-order valence-corrected chi connectivity index (χ3v) is 8.00. The highest BCUT2D eigenvalue weighted by molar-refractivity contribution is 7.91. The molecule has 0 spiro atoms. The van der Waals surface area contributed by atoms with E-state index in [0.717, 1.165) is 18.2 Å². The van der Waals surface area contributed by atoms with Crippen LogP contribution < -0.4 is 10.6 Å². The van der Waals surface area contributed by atoms with Gasteiger partial charge in [-0.1, -0.05) is 25.1 Å². The lowest BCUT2D eigenvalue weighted by Crippen LogP contribution is -2.38. The van der Waals surface area contributed by atoms with Crippen molar-refractivity contribution in [3.8, 4) is 0 Å². The number of nitrogens with one attached hydrogen (secondary N) is 2. The van der Waals surface area contributed by atoms with Crippen molar-refractivity contribution in [1.29, 1.82) is 0 Å². The van der Waals surface area contributed by atoms with Crippen LogP contribution >= 0.6 is 0 Å². The molecule has 0 saturated carbocycles. The third kappa shape index (κ3) is 5.89. The molecular formula is C27H27F3N2O5S. The van der Waals surface area contributed by atoms with E-state index >= 15 is 4.39 Å². The Morgan fingerprint density at radius 1 is 0.842 bits per heavy atom. The van der Waals surface area contributed by atoms with Crippen LogP contribution in [0.3, 0.4) is 0 Å². The number of benzene rings is 3. The maximum atomic E-state index is 15.1. The number of hydrogen-bond donors (Lipinski definition) is 3. The largest absolute Gasteiger partial charge is 0.376 e. The van der Waals surface area contributed by atoms with Crippen LogP contribution in [-0.4, -0.2) is 31.1 Å². The van der Waals surface area contributed by atoms with Crippen LogP contribution in [0.15, 0.2) is 65.6 Å². The molecule has 3 aromatic carbocycles. The zero-order chi connectivity index (χ0) is 28.5. The molecule has 0 fully saturated rings. The molecule has 0 aromatic heterocycles. The number of amides is 2. The molecule has 3 rings (SSSR count). The van der Waals surface area contributed by atoms with Gasteiger partial charge in [-0.25, -0.2) is 21.6 Å². The monoisotopic (exact) mass is 548 g/mol. The number of anilines is 2. The Balaban J connectivity index is 1.78. The topological polar surface area (TPSA) is 113 Å². The molecule has 0 radical (unpaired) electrons. The van der Waals surface area contributed by atoms with Crippen molar-refractivity contribution in [3.63, 3.8) is 0 Å². The van der Waals surface area contributed by atoms with Gasteiger partial charge in [-0.15, -0.1) is 0 Å². The Morgan fingerprint density at radius 3 is 2.03 bits per heavy atom. The molecule has 3 aromatic rings. The quantitative estimate of drug-likeness (QED) is 0.379. The van der Waals surface area contributed by atoms with E-state index in [2.05, 4.69) is 10.6 Å². The zero-order valence-electron chi connectivity index (χ0n) is 21.1. The van der Waals surface area contributed by atoms with Crippen LogP contribution in [-0.2, 0) is 30.4 Å². The first-order chi connectivity index (χ1) is 17.6. The zero-order valence-corrected chi connectivity index (χ0v) is 21.9. The molecule has 0 aliphatic carbocycles. The van der Waals surface area contributed by atoms with Gasteiger partial charge in [0.15, 0.2) is 15.4 Å². The van der Waals surface area contributed by atoms with Crippen molar-refractivity contribution in [1.82, 2.24) is 0 Å². The van der Waals surface area contributed by atoms with Crippen molar-refractivity contribution in [2.45, 2.75) is 43.6 Å². The summed E-state index contributed by atoms with van der Waals surface area (Å²) in [6, 6.07) is 11.4. The Labute approximate surface area is 218 Å². The molecule has 1 unspecified atom stereocenters. The normalized spacial score (nSPS) is 13.5. The van der Waals surface area contributed by atoms with E-state index in [9.17, 15) is 31.9 Å². The number of carbonyl (C=O) groups is 2. The van der Waals surface area contributed by atoms with E-state index in [4.69, 9.17) is 0 Å². The maximum absolute atomic E-state index is 15.1. The Kier molecular flexibility index (Phi) is 8.04.